The summed E-state index contributed by atoms with van der Waals surface area (Å²) in [6.45, 7) is 4.04. The van der Waals surface area contributed by atoms with Crippen LogP contribution in [0.2, 0.25) is 0 Å². The fourth-order valence-electron chi connectivity index (χ4n) is 3.32. The molecule has 0 aliphatic heterocycles. The molecule has 0 aliphatic rings. The van der Waals surface area contributed by atoms with Gasteiger partial charge in [-0.2, -0.15) is 5.10 Å². The Morgan fingerprint density at radius 2 is 1.90 bits per heavy atom. The molecule has 0 amide bonds. The van der Waals surface area contributed by atoms with E-state index in [1.54, 1.807) is 47.1 Å². The Labute approximate surface area is 176 Å². The molecule has 11 heteroatoms. The van der Waals surface area contributed by atoms with Gasteiger partial charge in [0.15, 0.2) is 11.5 Å². The predicted octanol–water partition coefficient (Wildman–Crippen LogP) is 4.30. The van der Waals surface area contributed by atoms with Gasteiger partial charge < -0.3 is 0 Å². The lowest BCUT2D eigenvalue weighted by molar-refractivity contribution is 0.810. The lowest BCUT2D eigenvalue weighted by Crippen LogP contribution is -2.02. The molecule has 0 N–H and O–H groups in total. The Bertz CT molecular complexity index is 1520. The number of nitrogens with zero attached hydrogens (tertiary/aromatic N) is 8. The number of hydrogen-bond acceptors (Lipinski definition) is 9. The number of fused-ring (bicyclic) bond motifs is 4. The van der Waals surface area contributed by atoms with Gasteiger partial charge in [0.1, 0.15) is 17.5 Å². The van der Waals surface area contributed by atoms with Crippen LogP contribution in [0, 0.1) is 13.8 Å². The molecule has 0 atom stereocenters. The second-order valence-electron chi connectivity index (χ2n) is 6.41. The standard InChI is InChI=1S/C18H12N8S3/c1-9-13(10(2)26(24-9)16-14-12(4-6-27-14)19-7-20-16)29-18-23-22-15-11-3-5-28-17(11)21-8-25(15)18/h3-8H,1-2H3. The molecule has 6 heterocycles. The van der Waals surface area contributed by atoms with E-state index in [0.717, 1.165) is 53.3 Å². The largest absolute Gasteiger partial charge is 0.259 e. The number of hydrogen-bond donors (Lipinski definition) is 0. The number of aromatic nitrogens is 8. The zero-order valence-corrected chi connectivity index (χ0v) is 17.7. The molecule has 0 saturated heterocycles. The van der Waals surface area contributed by atoms with E-state index < -0.39 is 0 Å². The molecule has 0 aromatic carbocycles. The van der Waals surface area contributed by atoms with E-state index in [4.69, 9.17) is 5.10 Å². The highest BCUT2D eigenvalue weighted by Gasteiger charge is 2.20. The summed E-state index contributed by atoms with van der Waals surface area (Å²) in [7, 11) is 0. The van der Waals surface area contributed by atoms with Crippen LogP contribution in [0.15, 0.2) is 45.6 Å². The normalized spacial score (nSPS) is 11.9. The monoisotopic (exact) mass is 436 g/mol. The fourth-order valence-corrected chi connectivity index (χ4v) is 5.78. The summed E-state index contributed by atoms with van der Waals surface area (Å²) in [6.07, 6.45) is 3.36. The highest BCUT2D eigenvalue weighted by Crippen LogP contribution is 2.35. The van der Waals surface area contributed by atoms with Crippen LogP contribution in [0.4, 0.5) is 0 Å². The third-order valence-electron chi connectivity index (χ3n) is 4.68. The Hall–Kier alpha value is -2.89. The quantitative estimate of drug-likeness (QED) is 0.409. The van der Waals surface area contributed by atoms with Crippen LogP contribution in [-0.4, -0.2) is 39.3 Å². The molecule has 0 radical (unpaired) electrons. The SMILES string of the molecule is Cc1nn(-c2ncnc3ccsc23)c(C)c1Sc1nnc2c3ccsc3ncn12. The average molecular weight is 437 g/mol. The Kier molecular flexibility index (Phi) is 3.70. The smallest absolute Gasteiger partial charge is 0.201 e. The summed E-state index contributed by atoms with van der Waals surface area (Å²) < 4.78 is 4.83. The van der Waals surface area contributed by atoms with Gasteiger partial charge in [-0.3, -0.25) is 4.40 Å². The first-order valence-corrected chi connectivity index (χ1v) is 11.3. The summed E-state index contributed by atoms with van der Waals surface area (Å²) in [4.78, 5) is 15.3. The highest BCUT2D eigenvalue weighted by molar-refractivity contribution is 7.99. The lowest BCUT2D eigenvalue weighted by atomic mass is 10.4. The summed E-state index contributed by atoms with van der Waals surface area (Å²) in [5.74, 6) is 0.796. The molecule has 0 fully saturated rings. The van der Waals surface area contributed by atoms with E-state index in [-0.39, 0.29) is 0 Å². The van der Waals surface area contributed by atoms with Gasteiger partial charge in [-0.15, -0.1) is 32.9 Å². The molecule has 0 saturated carbocycles. The second-order valence-corrected chi connectivity index (χ2v) is 9.19. The maximum absolute atomic E-state index is 4.75. The third-order valence-corrected chi connectivity index (χ3v) is 7.66. The predicted molar refractivity (Wildman–Crippen MR) is 114 cm³/mol. The van der Waals surface area contributed by atoms with Crippen molar-refractivity contribution in [2.24, 2.45) is 0 Å². The van der Waals surface area contributed by atoms with Crippen molar-refractivity contribution in [1.29, 1.82) is 0 Å². The van der Waals surface area contributed by atoms with Gasteiger partial charge in [-0.25, -0.2) is 19.6 Å². The molecular formula is C18H12N8S3. The van der Waals surface area contributed by atoms with Crippen molar-refractivity contribution in [2.75, 3.05) is 0 Å². The van der Waals surface area contributed by atoms with Gasteiger partial charge in [-0.1, -0.05) is 0 Å². The number of aryl methyl sites for hydroxylation is 1. The highest BCUT2D eigenvalue weighted by atomic mass is 32.2. The van der Waals surface area contributed by atoms with Gasteiger partial charge in [0.2, 0.25) is 5.16 Å². The molecule has 8 nitrogen and oxygen atoms in total. The first kappa shape index (κ1) is 17.0. The molecule has 0 bridgehead atoms. The minimum absolute atomic E-state index is 0.760. The Morgan fingerprint density at radius 1 is 1.00 bits per heavy atom. The number of rotatable bonds is 3. The van der Waals surface area contributed by atoms with Crippen LogP contribution in [-0.2, 0) is 0 Å². The van der Waals surface area contributed by atoms with Gasteiger partial charge in [-0.05, 0) is 48.5 Å². The minimum atomic E-state index is 0.760. The molecule has 0 spiro atoms. The maximum Gasteiger partial charge on any atom is 0.201 e. The van der Waals surface area contributed by atoms with Crippen LogP contribution in [0.25, 0.3) is 31.9 Å². The minimum Gasteiger partial charge on any atom is -0.259 e. The molecular weight excluding hydrogens is 424 g/mol. The van der Waals surface area contributed by atoms with Gasteiger partial charge in [0.05, 0.1) is 31.9 Å². The molecule has 142 valence electrons. The third kappa shape index (κ3) is 2.51. The fraction of sp³-hybridized carbons (Fsp3) is 0.111. The van der Waals surface area contributed by atoms with Crippen molar-refractivity contribution in [1.82, 2.24) is 39.3 Å². The second kappa shape index (κ2) is 6.31. The molecule has 6 aromatic rings. The average Bonchev–Trinajstić information content (AvgIpc) is 3.50. The van der Waals surface area contributed by atoms with E-state index >= 15 is 0 Å². The number of thiophene rings is 2. The Morgan fingerprint density at radius 3 is 2.83 bits per heavy atom. The van der Waals surface area contributed by atoms with E-state index in [0.29, 0.717) is 0 Å². The first-order chi connectivity index (χ1) is 14.2. The van der Waals surface area contributed by atoms with Crippen LogP contribution >= 0.6 is 34.4 Å². The summed E-state index contributed by atoms with van der Waals surface area (Å²) in [5.41, 5.74) is 3.66. The van der Waals surface area contributed by atoms with Gasteiger partial charge in [0, 0.05) is 0 Å². The summed E-state index contributed by atoms with van der Waals surface area (Å²) in [5, 5.41) is 19.4. The van der Waals surface area contributed by atoms with Crippen molar-refractivity contribution in [3.05, 3.63) is 46.9 Å². The van der Waals surface area contributed by atoms with Crippen molar-refractivity contribution in [2.45, 2.75) is 23.9 Å². The molecule has 0 aliphatic carbocycles. The Balaban J connectivity index is 1.47. The van der Waals surface area contributed by atoms with E-state index in [1.165, 1.54) is 0 Å². The lowest BCUT2D eigenvalue weighted by Gasteiger charge is -2.05. The molecule has 0 unspecified atom stereocenters. The summed E-state index contributed by atoms with van der Waals surface area (Å²) in [6, 6.07) is 4.02. The van der Waals surface area contributed by atoms with Crippen LogP contribution in [0.1, 0.15) is 11.4 Å². The van der Waals surface area contributed by atoms with E-state index in [2.05, 4.69) is 25.1 Å². The summed E-state index contributed by atoms with van der Waals surface area (Å²) >= 11 is 4.76. The van der Waals surface area contributed by atoms with Crippen molar-refractivity contribution in [3.63, 3.8) is 0 Å². The topological polar surface area (TPSA) is 86.7 Å². The van der Waals surface area contributed by atoms with Crippen LogP contribution in [0.3, 0.4) is 0 Å². The van der Waals surface area contributed by atoms with Gasteiger partial charge in [0.25, 0.3) is 0 Å². The zero-order valence-electron chi connectivity index (χ0n) is 15.3. The maximum atomic E-state index is 4.75. The van der Waals surface area contributed by atoms with Crippen molar-refractivity contribution in [3.8, 4) is 5.82 Å². The molecule has 6 aromatic heterocycles. The van der Waals surface area contributed by atoms with Crippen molar-refractivity contribution >= 4 is 60.5 Å². The molecule has 29 heavy (non-hydrogen) atoms. The van der Waals surface area contributed by atoms with Gasteiger partial charge >= 0.3 is 0 Å². The first-order valence-electron chi connectivity index (χ1n) is 8.70. The molecule has 6 rings (SSSR count). The zero-order chi connectivity index (χ0) is 19.5. The van der Waals surface area contributed by atoms with Crippen molar-refractivity contribution < 1.29 is 0 Å². The van der Waals surface area contributed by atoms with E-state index in [1.807, 2.05) is 45.8 Å². The van der Waals surface area contributed by atoms with Crippen LogP contribution in [0.5, 0.6) is 0 Å². The van der Waals surface area contributed by atoms with Crippen LogP contribution < -0.4 is 0 Å². The van der Waals surface area contributed by atoms with E-state index in [9.17, 15) is 0 Å².